The Balaban J connectivity index is 1.22. The summed E-state index contributed by atoms with van der Waals surface area (Å²) in [7, 11) is 4.58. The van der Waals surface area contributed by atoms with E-state index in [4.69, 9.17) is 32.8 Å². The number of phenols is 1. The van der Waals surface area contributed by atoms with Crippen molar-refractivity contribution in [3.8, 4) is 51.4 Å². The van der Waals surface area contributed by atoms with Gasteiger partial charge in [-0.3, -0.25) is 9.59 Å². The summed E-state index contributed by atoms with van der Waals surface area (Å²) < 4.78 is 39.7. The Hall–Kier alpha value is -5.64. The monoisotopic (exact) mass is 636 g/mol. The highest BCUT2D eigenvalue weighted by Gasteiger charge is 2.34. The maximum absolute atomic E-state index is 13.9. The fourth-order valence-electron chi connectivity index (χ4n) is 6.31. The Labute approximate surface area is 270 Å². The van der Waals surface area contributed by atoms with Crippen LogP contribution in [0.3, 0.4) is 0 Å². The first kappa shape index (κ1) is 30.0. The quantitative estimate of drug-likeness (QED) is 0.148. The highest BCUT2D eigenvalue weighted by Crippen LogP contribution is 2.47. The van der Waals surface area contributed by atoms with Crippen LogP contribution in [0.2, 0.25) is 0 Å². The number of aromatic hydroxyl groups is 1. The molecule has 0 fully saturated rings. The summed E-state index contributed by atoms with van der Waals surface area (Å²) >= 11 is 0. The third kappa shape index (κ3) is 5.45. The van der Waals surface area contributed by atoms with Crippen molar-refractivity contribution in [3.05, 3.63) is 99.4 Å². The van der Waals surface area contributed by atoms with Crippen molar-refractivity contribution in [2.24, 2.45) is 0 Å². The number of carbonyl (C=O) groups is 1. The second kappa shape index (κ2) is 12.3. The van der Waals surface area contributed by atoms with Gasteiger partial charge < -0.3 is 37.9 Å². The lowest BCUT2D eigenvalue weighted by atomic mass is 9.84. The largest absolute Gasteiger partial charge is 0.507 e. The molecule has 0 spiro atoms. The van der Waals surface area contributed by atoms with Crippen LogP contribution < -0.4 is 33.8 Å². The zero-order valence-electron chi connectivity index (χ0n) is 26.1. The first-order valence-electron chi connectivity index (χ1n) is 15.2. The number of fused-ring (bicyclic) bond motifs is 4. The van der Waals surface area contributed by atoms with Gasteiger partial charge >= 0.3 is 5.97 Å². The molecule has 47 heavy (non-hydrogen) atoms. The first-order valence-corrected chi connectivity index (χ1v) is 15.2. The molecule has 0 aliphatic carbocycles. The zero-order valence-corrected chi connectivity index (χ0v) is 26.1. The molecule has 0 bridgehead atoms. The predicted octanol–water partition coefficient (Wildman–Crippen LogP) is 6.19. The summed E-state index contributed by atoms with van der Waals surface area (Å²) in [5.74, 6) is 1.66. The van der Waals surface area contributed by atoms with Gasteiger partial charge in [0, 0.05) is 30.4 Å². The maximum Gasteiger partial charge on any atom is 0.312 e. The van der Waals surface area contributed by atoms with Gasteiger partial charge in [-0.1, -0.05) is 24.3 Å². The number of rotatable bonds is 9. The number of benzene rings is 4. The Kier molecular flexibility index (Phi) is 7.85. The normalized spacial score (nSPS) is 15.0. The lowest BCUT2D eigenvalue weighted by Gasteiger charge is -2.26. The lowest BCUT2D eigenvalue weighted by molar-refractivity contribution is -0.135. The summed E-state index contributed by atoms with van der Waals surface area (Å²) in [4.78, 5) is 26.6. The number of ether oxygens (including phenoxy) is 6. The van der Waals surface area contributed by atoms with Crippen molar-refractivity contribution in [1.82, 2.24) is 0 Å². The van der Waals surface area contributed by atoms with Crippen LogP contribution in [0.5, 0.6) is 40.2 Å². The summed E-state index contributed by atoms with van der Waals surface area (Å²) in [5, 5.41) is 11.0. The summed E-state index contributed by atoms with van der Waals surface area (Å²) in [6.07, 6.45) is 2.94. The van der Waals surface area contributed by atoms with Crippen molar-refractivity contribution < 1.29 is 42.7 Å². The molecule has 0 saturated heterocycles. The minimum Gasteiger partial charge on any atom is -0.507 e. The number of methoxy groups -OCH3 is 3. The molecule has 1 aromatic heterocycles. The van der Waals surface area contributed by atoms with Crippen molar-refractivity contribution in [2.45, 2.75) is 25.2 Å². The topological polar surface area (TPSA) is 123 Å². The third-order valence-corrected chi connectivity index (χ3v) is 8.66. The lowest BCUT2D eigenvalue weighted by Crippen LogP contribution is -2.22. The Bertz CT molecular complexity index is 2080. The number of phenolic OH excluding ortho intramolecular Hbond substituents is 1. The molecule has 0 saturated carbocycles. The minimum absolute atomic E-state index is 0.0145. The summed E-state index contributed by atoms with van der Waals surface area (Å²) in [5.41, 5.74) is 3.99. The molecule has 10 nitrogen and oxygen atoms in total. The molecule has 240 valence electrons. The van der Waals surface area contributed by atoms with Crippen LogP contribution in [0, 0.1) is 0 Å². The second-order valence-electron chi connectivity index (χ2n) is 11.3. The van der Waals surface area contributed by atoms with Crippen LogP contribution in [-0.4, -0.2) is 45.6 Å². The van der Waals surface area contributed by atoms with Crippen molar-refractivity contribution in [3.63, 3.8) is 0 Å². The molecule has 0 radical (unpaired) electrons. The van der Waals surface area contributed by atoms with Gasteiger partial charge in [-0.15, -0.1) is 0 Å². The average Bonchev–Trinajstić information content (AvgIpc) is 3.55. The number of hydrogen-bond donors (Lipinski definition) is 1. The van der Waals surface area contributed by atoms with Gasteiger partial charge in [-0.2, -0.15) is 0 Å². The van der Waals surface area contributed by atoms with Crippen LogP contribution in [-0.2, 0) is 17.6 Å². The molecule has 1 atom stereocenters. The van der Waals surface area contributed by atoms with Crippen molar-refractivity contribution in [1.29, 1.82) is 0 Å². The molecule has 0 unspecified atom stereocenters. The Morgan fingerprint density at radius 1 is 0.851 bits per heavy atom. The Morgan fingerprint density at radius 2 is 1.64 bits per heavy atom. The molecule has 7 rings (SSSR count). The highest BCUT2D eigenvalue weighted by atomic mass is 16.5. The van der Waals surface area contributed by atoms with Gasteiger partial charge in [-0.25, -0.2) is 0 Å². The van der Waals surface area contributed by atoms with E-state index in [1.165, 1.54) is 32.1 Å². The van der Waals surface area contributed by atoms with Gasteiger partial charge in [0.15, 0.2) is 23.0 Å². The molecule has 10 heteroatoms. The SMILES string of the molecule is COc1ccc(-c2coc3c4c(cc(O)c3c2=O)OC(=O)C[C@@H]4c2ccc(OCCc3ccc4c(c3)CCO4)c(OC)c2)cc1OC. The molecule has 1 N–H and O–H groups in total. The van der Waals surface area contributed by atoms with Gasteiger partial charge in [0.1, 0.15) is 34.5 Å². The van der Waals surface area contributed by atoms with E-state index in [0.29, 0.717) is 53.8 Å². The Morgan fingerprint density at radius 3 is 2.45 bits per heavy atom. The van der Waals surface area contributed by atoms with E-state index in [1.807, 2.05) is 24.3 Å². The van der Waals surface area contributed by atoms with Crippen molar-refractivity contribution in [2.75, 3.05) is 34.5 Å². The van der Waals surface area contributed by atoms with E-state index in [1.54, 1.807) is 31.4 Å². The molecule has 0 amide bonds. The smallest absolute Gasteiger partial charge is 0.312 e. The first-order chi connectivity index (χ1) is 22.9. The van der Waals surface area contributed by atoms with E-state index in [0.717, 1.165) is 23.3 Å². The van der Waals surface area contributed by atoms with Crippen LogP contribution in [0.15, 0.2) is 76.1 Å². The van der Waals surface area contributed by atoms with Gasteiger partial charge in [-0.05, 0) is 52.6 Å². The van der Waals surface area contributed by atoms with E-state index in [2.05, 4.69) is 6.07 Å². The predicted molar refractivity (Wildman–Crippen MR) is 173 cm³/mol. The molecule has 2 aliphatic rings. The summed E-state index contributed by atoms with van der Waals surface area (Å²) in [6, 6.07) is 18.0. The van der Waals surface area contributed by atoms with E-state index in [9.17, 15) is 14.7 Å². The van der Waals surface area contributed by atoms with E-state index < -0.39 is 17.3 Å². The molecule has 3 heterocycles. The van der Waals surface area contributed by atoms with Crippen LogP contribution >= 0.6 is 0 Å². The van der Waals surface area contributed by atoms with Gasteiger partial charge in [0.25, 0.3) is 0 Å². The van der Waals surface area contributed by atoms with Gasteiger partial charge in [0.05, 0.1) is 46.5 Å². The second-order valence-corrected chi connectivity index (χ2v) is 11.3. The zero-order chi connectivity index (χ0) is 32.7. The maximum atomic E-state index is 13.9. The number of hydrogen-bond acceptors (Lipinski definition) is 10. The molecule has 4 aromatic carbocycles. The molecular weight excluding hydrogens is 604 g/mol. The fraction of sp³-hybridized carbons (Fsp3) is 0.243. The number of esters is 1. The molecule has 2 aliphatic heterocycles. The van der Waals surface area contributed by atoms with E-state index in [-0.39, 0.29) is 34.5 Å². The van der Waals surface area contributed by atoms with Crippen LogP contribution in [0.4, 0.5) is 0 Å². The van der Waals surface area contributed by atoms with Crippen LogP contribution in [0.25, 0.3) is 22.1 Å². The molecule has 5 aromatic rings. The highest BCUT2D eigenvalue weighted by molar-refractivity contribution is 5.94. The van der Waals surface area contributed by atoms with Gasteiger partial charge in [0.2, 0.25) is 5.43 Å². The number of carbonyl (C=O) groups excluding carboxylic acids is 1. The summed E-state index contributed by atoms with van der Waals surface area (Å²) in [6.45, 7) is 1.15. The van der Waals surface area contributed by atoms with Crippen LogP contribution in [0.1, 0.15) is 34.6 Å². The third-order valence-electron chi connectivity index (χ3n) is 8.66. The average molecular weight is 637 g/mol. The van der Waals surface area contributed by atoms with Crippen molar-refractivity contribution >= 4 is 16.9 Å². The minimum atomic E-state index is -0.555. The van der Waals surface area contributed by atoms with E-state index >= 15 is 0 Å². The molecular formula is C37H32O10. The standard InChI is InChI=1S/C37H32O10/c1-41-28-8-5-22(16-30(28)42-2)25-19-46-37-34-24(17-33(39)47-32(34)18-26(38)35(37)36(25)40)21-6-9-29(31(15-21)43-3)45-12-10-20-4-7-27-23(14-20)11-13-44-27/h4-9,14-16,18-19,24,38H,10-13,17H2,1-3H3/t24-/m1/s1. The fourth-order valence-corrected chi connectivity index (χ4v) is 6.31.